The van der Waals surface area contributed by atoms with E-state index in [-0.39, 0.29) is 23.9 Å². The first kappa shape index (κ1) is 29.4. The minimum Gasteiger partial charge on any atom is -0.490 e. The minimum atomic E-state index is -0.193. The Bertz CT molecular complexity index is 1400. The van der Waals surface area contributed by atoms with Crippen LogP contribution in [0.2, 0.25) is 0 Å². The second kappa shape index (κ2) is 13.7. The highest BCUT2D eigenvalue weighted by Crippen LogP contribution is 2.34. The van der Waals surface area contributed by atoms with Gasteiger partial charge in [0.15, 0.2) is 11.5 Å². The molecule has 2 atom stereocenters. The van der Waals surface area contributed by atoms with Gasteiger partial charge < -0.3 is 24.6 Å². The lowest BCUT2D eigenvalue weighted by atomic mass is 9.82. The van der Waals surface area contributed by atoms with E-state index in [4.69, 9.17) is 9.47 Å². The molecule has 5 rings (SSSR count). The number of likely N-dealkylation sites (N-methyl/N-ethyl adjacent to an activating group) is 1. The van der Waals surface area contributed by atoms with Gasteiger partial charge in [-0.2, -0.15) is 0 Å². The number of hydrogen-bond donors (Lipinski definition) is 1. The van der Waals surface area contributed by atoms with Crippen molar-refractivity contribution in [2.75, 3.05) is 39.9 Å². The number of ether oxygens (including phenoxy) is 2. The molecular formula is C35H41N3O4. The molecule has 0 aromatic heterocycles. The molecule has 0 radical (unpaired) electrons. The summed E-state index contributed by atoms with van der Waals surface area (Å²) in [6.07, 6.45) is 2.25. The van der Waals surface area contributed by atoms with Crippen LogP contribution in [0.3, 0.4) is 0 Å². The molecule has 2 heterocycles. The van der Waals surface area contributed by atoms with Gasteiger partial charge in [-0.25, -0.2) is 0 Å². The van der Waals surface area contributed by atoms with Crippen LogP contribution in [0.15, 0.2) is 84.4 Å². The maximum Gasteiger partial charge on any atom is 0.251 e. The van der Waals surface area contributed by atoms with Crippen LogP contribution in [0.25, 0.3) is 5.57 Å². The van der Waals surface area contributed by atoms with Gasteiger partial charge >= 0.3 is 0 Å². The second-order valence-corrected chi connectivity index (χ2v) is 11.1. The Kier molecular flexibility index (Phi) is 9.59. The number of rotatable bonds is 11. The van der Waals surface area contributed by atoms with Crippen LogP contribution in [-0.2, 0) is 22.4 Å². The molecule has 0 saturated carbocycles. The molecule has 7 heteroatoms. The van der Waals surface area contributed by atoms with E-state index in [1.165, 1.54) is 5.56 Å². The second-order valence-electron chi connectivity index (χ2n) is 11.1. The summed E-state index contributed by atoms with van der Waals surface area (Å²) in [5.41, 5.74) is 5.29. The van der Waals surface area contributed by atoms with Crippen LogP contribution in [0.1, 0.15) is 37.0 Å². The normalized spacial score (nSPS) is 18.0. The molecular weight excluding hydrogens is 526 g/mol. The van der Waals surface area contributed by atoms with Crippen molar-refractivity contribution in [3.63, 3.8) is 0 Å². The largest absolute Gasteiger partial charge is 0.490 e. The molecule has 0 aliphatic carbocycles. The number of hydrogen-bond acceptors (Lipinski definition) is 5. The molecule has 2 aliphatic rings. The molecule has 0 spiro atoms. The van der Waals surface area contributed by atoms with Gasteiger partial charge in [0.05, 0.1) is 19.3 Å². The van der Waals surface area contributed by atoms with Crippen molar-refractivity contribution in [2.45, 2.75) is 45.2 Å². The maximum absolute atomic E-state index is 14.0. The first-order valence-electron chi connectivity index (χ1n) is 14.9. The average molecular weight is 568 g/mol. The van der Waals surface area contributed by atoms with E-state index in [0.717, 1.165) is 46.6 Å². The van der Waals surface area contributed by atoms with E-state index in [1.807, 2.05) is 66.2 Å². The predicted molar refractivity (Wildman–Crippen MR) is 166 cm³/mol. The highest BCUT2D eigenvalue weighted by molar-refractivity contribution is 6.03. The van der Waals surface area contributed by atoms with E-state index < -0.39 is 0 Å². The standard InChI is InChI=1S/C35H41N3O4/c1-4-41-32-12-8-9-13-33(32)42-21-19-27-14-16-28(17-15-27)30-22-29-23-38(25(2)39)24-31(36-29)34(30)35(40)37(3)20-18-26-10-6-5-7-11-26/h5-17,29,31,36H,4,18-24H2,1-3H3/t29?,31-/m1/s1. The number of nitrogens with one attached hydrogen (secondary N) is 1. The molecule has 7 nitrogen and oxygen atoms in total. The molecule has 3 aromatic carbocycles. The van der Waals surface area contributed by atoms with Crippen molar-refractivity contribution >= 4 is 17.4 Å². The Morgan fingerprint density at radius 2 is 1.55 bits per heavy atom. The summed E-state index contributed by atoms with van der Waals surface area (Å²) in [5, 5.41) is 3.64. The summed E-state index contributed by atoms with van der Waals surface area (Å²) in [4.78, 5) is 30.0. The van der Waals surface area contributed by atoms with E-state index in [2.05, 4.69) is 41.7 Å². The van der Waals surface area contributed by atoms with Crippen molar-refractivity contribution in [1.29, 1.82) is 0 Å². The number of benzene rings is 3. The van der Waals surface area contributed by atoms with E-state index >= 15 is 0 Å². The third-order valence-electron chi connectivity index (χ3n) is 8.11. The van der Waals surface area contributed by atoms with Gasteiger partial charge in [0, 0.05) is 51.6 Å². The minimum absolute atomic E-state index is 0.0210. The summed E-state index contributed by atoms with van der Waals surface area (Å²) in [6, 6.07) is 26.4. The highest BCUT2D eigenvalue weighted by Gasteiger charge is 2.39. The fourth-order valence-corrected chi connectivity index (χ4v) is 5.87. The van der Waals surface area contributed by atoms with Crippen LogP contribution < -0.4 is 14.8 Å². The molecule has 2 aliphatic heterocycles. The van der Waals surface area contributed by atoms with Gasteiger partial charge in [-0.15, -0.1) is 0 Å². The smallest absolute Gasteiger partial charge is 0.251 e. The lowest BCUT2D eigenvalue weighted by Crippen LogP contribution is -2.61. The van der Waals surface area contributed by atoms with E-state index in [9.17, 15) is 9.59 Å². The third-order valence-corrected chi connectivity index (χ3v) is 8.11. The molecule has 2 bridgehead atoms. The number of carbonyl (C=O) groups excluding carboxylic acids is 2. The van der Waals surface area contributed by atoms with Crippen LogP contribution >= 0.6 is 0 Å². The van der Waals surface area contributed by atoms with Crippen molar-refractivity contribution in [3.8, 4) is 11.5 Å². The lowest BCUT2D eigenvalue weighted by molar-refractivity contribution is -0.132. The Hall–Kier alpha value is -4.10. The third kappa shape index (κ3) is 7.02. The highest BCUT2D eigenvalue weighted by atomic mass is 16.5. The van der Waals surface area contributed by atoms with Crippen molar-refractivity contribution in [2.24, 2.45) is 0 Å². The average Bonchev–Trinajstić information content (AvgIpc) is 3.01. The molecule has 220 valence electrons. The van der Waals surface area contributed by atoms with E-state index in [1.54, 1.807) is 6.92 Å². The number of nitrogens with zero attached hydrogens (tertiary/aromatic N) is 2. The summed E-state index contributed by atoms with van der Waals surface area (Å²) in [7, 11) is 1.88. The van der Waals surface area contributed by atoms with Crippen LogP contribution in [0.4, 0.5) is 0 Å². The number of amides is 2. The molecule has 1 fully saturated rings. The summed E-state index contributed by atoms with van der Waals surface area (Å²) < 4.78 is 11.7. The predicted octanol–water partition coefficient (Wildman–Crippen LogP) is 4.75. The van der Waals surface area contributed by atoms with Gasteiger partial charge in [0.1, 0.15) is 0 Å². The summed E-state index contributed by atoms with van der Waals surface area (Å²) in [6.45, 7) is 6.48. The first-order chi connectivity index (χ1) is 20.4. The number of fused-ring (bicyclic) bond motifs is 2. The topological polar surface area (TPSA) is 71.1 Å². The number of para-hydroxylation sites is 2. The number of carbonyl (C=O) groups is 2. The lowest BCUT2D eigenvalue weighted by Gasteiger charge is -2.44. The maximum atomic E-state index is 14.0. The van der Waals surface area contributed by atoms with Gasteiger partial charge in [-0.3, -0.25) is 9.59 Å². The zero-order valence-corrected chi connectivity index (χ0v) is 24.8. The zero-order valence-electron chi connectivity index (χ0n) is 24.8. The Morgan fingerprint density at radius 1 is 0.881 bits per heavy atom. The van der Waals surface area contributed by atoms with Crippen LogP contribution in [0.5, 0.6) is 11.5 Å². The monoisotopic (exact) mass is 567 g/mol. The SMILES string of the molecule is CCOc1ccccc1OCCc1ccc(C2=C(C(=O)N(C)CCc3ccccc3)[C@H]3CN(C(C)=O)CC(C2)N3)cc1. The van der Waals surface area contributed by atoms with Gasteiger partial charge in [-0.05, 0) is 54.2 Å². The van der Waals surface area contributed by atoms with Crippen LogP contribution in [0, 0.1) is 0 Å². The Morgan fingerprint density at radius 3 is 2.24 bits per heavy atom. The fraction of sp³-hybridized carbons (Fsp3) is 0.371. The van der Waals surface area contributed by atoms with Gasteiger partial charge in [0.2, 0.25) is 5.91 Å². The Labute approximate surface area is 249 Å². The van der Waals surface area contributed by atoms with Gasteiger partial charge in [-0.1, -0.05) is 66.7 Å². The van der Waals surface area contributed by atoms with Crippen molar-refractivity contribution in [1.82, 2.24) is 15.1 Å². The number of piperazine rings is 1. The van der Waals surface area contributed by atoms with Crippen molar-refractivity contribution in [3.05, 3.63) is 101 Å². The van der Waals surface area contributed by atoms with E-state index in [0.29, 0.717) is 39.3 Å². The summed E-state index contributed by atoms with van der Waals surface area (Å²) in [5.74, 6) is 1.58. The quantitative estimate of drug-likeness (QED) is 0.362. The van der Waals surface area contributed by atoms with Crippen molar-refractivity contribution < 1.29 is 19.1 Å². The Balaban J connectivity index is 1.33. The molecule has 2 amide bonds. The summed E-state index contributed by atoms with van der Waals surface area (Å²) >= 11 is 0. The molecule has 42 heavy (non-hydrogen) atoms. The van der Waals surface area contributed by atoms with Gasteiger partial charge in [0.25, 0.3) is 5.91 Å². The first-order valence-corrected chi connectivity index (χ1v) is 14.9. The molecule has 1 saturated heterocycles. The molecule has 3 aromatic rings. The fourth-order valence-electron chi connectivity index (χ4n) is 5.87. The molecule has 1 N–H and O–H groups in total. The zero-order chi connectivity index (χ0) is 29.5. The molecule has 1 unspecified atom stereocenters. The van der Waals surface area contributed by atoms with Crippen LogP contribution in [-0.4, -0.2) is 73.6 Å².